The van der Waals surface area contributed by atoms with Gasteiger partial charge in [0.25, 0.3) is 0 Å². The fourth-order valence-corrected chi connectivity index (χ4v) is 2.44. The Labute approximate surface area is 101 Å². The highest BCUT2D eigenvalue weighted by atomic mass is 16.5. The Morgan fingerprint density at radius 1 is 1.71 bits per heavy atom. The van der Waals surface area contributed by atoms with Crippen LogP contribution in [-0.4, -0.2) is 35.2 Å². The van der Waals surface area contributed by atoms with E-state index >= 15 is 0 Å². The van der Waals surface area contributed by atoms with E-state index in [1.807, 2.05) is 13.8 Å². The minimum absolute atomic E-state index is 0.0957. The molecule has 5 heteroatoms. The van der Waals surface area contributed by atoms with Gasteiger partial charge in [0.15, 0.2) is 5.75 Å². The first kappa shape index (κ1) is 12.4. The van der Waals surface area contributed by atoms with Crippen LogP contribution in [0, 0.1) is 5.92 Å². The smallest absolute Gasteiger partial charge is 0.162 e. The summed E-state index contributed by atoms with van der Waals surface area (Å²) in [5.41, 5.74) is -0.216. The molecule has 0 saturated carbocycles. The molecule has 96 valence electrons. The highest BCUT2D eigenvalue weighted by Gasteiger charge is 2.41. The van der Waals surface area contributed by atoms with E-state index in [-0.39, 0.29) is 5.92 Å². The average Bonchev–Trinajstić information content (AvgIpc) is 2.97. The van der Waals surface area contributed by atoms with Gasteiger partial charge in [-0.05, 0) is 20.3 Å². The van der Waals surface area contributed by atoms with Crippen LogP contribution in [0.2, 0.25) is 0 Å². The van der Waals surface area contributed by atoms with Gasteiger partial charge in [-0.25, -0.2) is 0 Å². The van der Waals surface area contributed by atoms with Crippen LogP contribution in [-0.2, 0) is 16.9 Å². The van der Waals surface area contributed by atoms with E-state index in [0.717, 1.165) is 12.1 Å². The van der Waals surface area contributed by atoms with Gasteiger partial charge in [-0.2, -0.15) is 5.10 Å². The van der Waals surface area contributed by atoms with E-state index in [0.29, 0.717) is 25.5 Å². The molecule has 0 amide bonds. The van der Waals surface area contributed by atoms with Gasteiger partial charge in [0.1, 0.15) is 11.3 Å². The van der Waals surface area contributed by atoms with Crippen molar-refractivity contribution < 1.29 is 14.6 Å². The van der Waals surface area contributed by atoms with E-state index in [9.17, 15) is 5.11 Å². The molecule has 1 N–H and O–H groups in total. The average molecular weight is 240 g/mol. The van der Waals surface area contributed by atoms with E-state index in [1.54, 1.807) is 18.0 Å². The molecule has 2 atom stereocenters. The maximum atomic E-state index is 10.8. The summed E-state index contributed by atoms with van der Waals surface area (Å²) in [6.45, 7) is 5.83. The minimum atomic E-state index is -0.964. The number of aromatic nitrogens is 2. The standard InChI is InChI=1S/C12H20N2O3/c1-4-14-11(10(16-3)7-13-14)12(2,15)9-5-6-17-8-9/h7,9,15H,4-6,8H2,1-3H3. The third-order valence-corrected chi connectivity index (χ3v) is 3.53. The molecule has 0 radical (unpaired) electrons. The zero-order valence-corrected chi connectivity index (χ0v) is 10.6. The van der Waals surface area contributed by atoms with Gasteiger partial charge in [-0.1, -0.05) is 0 Å². The minimum Gasteiger partial charge on any atom is -0.493 e. The Morgan fingerprint density at radius 3 is 3.00 bits per heavy atom. The summed E-state index contributed by atoms with van der Waals surface area (Å²) in [5.74, 6) is 0.738. The Kier molecular flexibility index (Phi) is 3.40. The largest absolute Gasteiger partial charge is 0.493 e. The van der Waals surface area contributed by atoms with Crippen molar-refractivity contribution in [2.45, 2.75) is 32.4 Å². The van der Waals surface area contributed by atoms with E-state index in [1.165, 1.54) is 0 Å². The van der Waals surface area contributed by atoms with Crippen LogP contribution in [0.5, 0.6) is 5.75 Å². The molecule has 0 bridgehead atoms. The second-order valence-electron chi connectivity index (χ2n) is 4.59. The van der Waals surface area contributed by atoms with Crippen LogP contribution in [0.15, 0.2) is 6.20 Å². The van der Waals surface area contributed by atoms with E-state index in [4.69, 9.17) is 9.47 Å². The molecule has 1 aliphatic heterocycles. The molecule has 0 aliphatic carbocycles. The normalized spacial score (nSPS) is 23.6. The maximum absolute atomic E-state index is 10.8. The summed E-state index contributed by atoms with van der Waals surface area (Å²) in [6, 6.07) is 0. The predicted octanol–water partition coefficient (Wildman–Crippen LogP) is 1.16. The highest BCUT2D eigenvalue weighted by molar-refractivity contribution is 5.31. The van der Waals surface area contributed by atoms with Crippen molar-refractivity contribution in [3.8, 4) is 5.75 Å². The quantitative estimate of drug-likeness (QED) is 0.858. The fraction of sp³-hybridized carbons (Fsp3) is 0.750. The molecular weight excluding hydrogens is 220 g/mol. The van der Waals surface area contributed by atoms with Crippen molar-refractivity contribution in [3.63, 3.8) is 0 Å². The summed E-state index contributed by atoms with van der Waals surface area (Å²) < 4.78 is 12.4. The third kappa shape index (κ3) is 2.05. The van der Waals surface area contributed by atoms with Gasteiger partial charge in [0.2, 0.25) is 0 Å². The fourth-order valence-electron chi connectivity index (χ4n) is 2.44. The Bertz CT molecular complexity index is 360. The Morgan fingerprint density at radius 2 is 2.47 bits per heavy atom. The summed E-state index contributed by atoms with van der Waals surface area (Å²) in [5, 5.41) is 15.0. The lowest BCUT2D eigenvalue weighted by atomic mass is 9.85. The van der Waals surface area contributed by atoms with Crippen LogP contribution < -0.4 is 4.74 Å². The first-order valence-electron chi connectivity index (χ1n) is 6.01. The van der Waals surface area contributed by atoms with Crippen molar-refractivity contribution in [2.24, 2.45) is 5.92 Å². The molecule has 2 heterocycles. The molecule has 17 heavy (non-hydrogen) atoms. The maximum Gasteiger partial charge on any atom is 0.162 e. The van der Waals surface area contributed by atoms with Crippen molar-refractivity contribution in [1.29, 1.82) is 0 Å². The first-order chi connectivity index (χ1) is 8.11. The number of hydrogen-bond acceptors (Lipinski definition) is 4. The zero-order valence-electron chi connectivity index (χ0n) is 10.6. The van der Waals surface area contributed by atoms with Gasteiger partial charge in [0, 0.05) is 19.1 Å². The van der Waals surface area contributed by atoms with Crippen molar-refractivity contribution in [1.82, 2.24) is 9.78 Å². The Hall–Kier alpha value is -1.07. The van der Waals surface area contributed by atoms with Gasteiger partial charge in [-0.15, -0.1) is 0 Å². The number of ether oxygens (including phenoxy) is 2. The van der Waals surface area contributed by atoms with Crippen LogP contribution in [0.3, 0.4) is 0 Å². The molecule has 0 spiro atoms. The first-order valence-corrected chi connectivity index (χ1v) is 6.01. The van der Waals surface area contributed by atoms with Gasteiger partial charge < -0.3 is 14.6 Å². The Balaban J connectivity index is 2.39. The van der Waals surface area contributed by atoms with Crippen LogP contribution in [0.1, 0.15) is 26.0 Å². The topological polar surface area (TPSA) is 56.5 Å². The summed E-state index contributed by atoms with van der Waals surface area (Å²) >= 11 is 0. The second kappa shape index (κ2) is 4.66. The molecular formula is C12H20N2O3. The van der Waals surface area contributed by atoms with Crippen LogP contribution in [0.25, 0.3) is 0 Å². The van der Waals surface area contributed by atoms with Crippen molar-refractivity contribution in [3.05, 3.63) is 11.9 Å². The number of methoxy groups -OCH3 is 1. The van der Waals surface area contributed by atoms with Crippen LogP contribution in [0.4, 0.5) is 0 Å². The predicted molar refractivity (Wildman–Crippen MR) is 62.9 cm³/mol. The van der Waals surface area contributed by atoms with Crippen LogP contribution >= 0.6 is 0 Å². The van der Waals surface area contributed by atoms with Gasteiger partial charge in [-0.3, -0.25) is 4.68 Å². The van der Waals surface area contributed by atoms with Crippen molar-refractivity contribution >= 4 is 0 Å². The van der Waals surface area contributed by atoms with Gasteiger partial charge in [0.05, 0.1) is 19.9 Å². The van der Waals surface area contributed by atoms with Gasteiger partial charge >= 0.3 is 0 Å². The van der Waals surface area contributed by atoms with Crippen molar-refractivity contribution in [2.75, 3.05) is 20.3 Å². The molecule has 1 aromatic rings. The number of rotatable bonds is 4. The van der Waals surface area contributed by atoms with E-state index < -0.39 is 5.60 Å². The summed E-state index contributed by atoms with van der Waals surface area (Å²) in [4.78, 5) is 0. The molecule has 0 aromatic carbocycles. The lowest BCUT2D eigenvalue weighted by molar-refractivity contribution is -0.0190. The SMILES string of the molecule is CCn1ncc(OC)c1C(C)(O)C1CCOC1. The molecule has 1 aliphatic rings. The molecule has 2 unspecified atom stereocenters. The molecule has 1 aromatic heterocycles. The number of hydrogen-bond donors (Lipinski definition) is 1. The lowest BCUT2D eigenvalue weighted by Gasteiger charge is -2.30. The number of nitrogens with zero attached hydrogens (tertiary/aromatic N) is 2. The lowest BCUT2D eigenvalue weighted by Crippen LogP contribution is -2.35. The second-order valence-corrected chi connectivity index (χ2v) is 4.59. The number of aliphatic hydroxyl groups is 1. The molecule has 5 nitrogen and oxygen atoms in total. The molecule has 1 saturated heterocycles. The zero-order chi connectivity index (χ0) is 12.5. The molecule has 2 rings (SSSR count). The third-order valence-electron chi connectivity index (χ3n) is 3.53. The molecule has 1 fully saturated rings. The highest BCUT2D eigenvalue weighted by Crippen LogP contribution is 2.39. The monoisotopic (exact) mass is 240 g/mol. The summed E-state index contributed by atoms with van der Waals surface area (Å²) in [6.07, 6.45) is 2.52. The van der Waals surface area contributed by atoms with E-state index in [2.05, 4.69) is 5.10 Å². The summed E-state index contributed by atoms with van der Waals surface area (Å²) in [7, 11) is 1.60. The number of aryl methyl sites for hydroxylation is 1.